The number of nitrogens with one attached hydrogen (secondary N) is 2. The molecule has 2 rings (SSSR count). The third-order valence-corrected chi connectivity index (χ3v) is 5.72. The first-order valence-electron chi connectivity index (χ1n) is 6.86. The molecule has 0 spiro atoms. The van der Waals surface area contributed by atoms with Crippen molar-refractivity contribution in [2.75, 3.05) is 11.5 Å². The number of carbonyl (C=O) groups excluding carboxylic acids is 1. The Morgan fingerprint density at radius 2 is 1.55 bits per heavy atom. The van der Waals surface area contributed by atoms with Gasteiger partial charge in [-0.1, -0.05) is 0 Å². The molecule has 2 fully saturated rings. The lowest BCUT2D eigenvalue weighted by atomic mass is 10.1. The Labute approximate surface area is 118 Å². The second kappa shape index (κ2) is 5.99. The molecule has 2 aliphatic rings. The monoisotopic (exact) mass is 304 g/mol. The first-order valence-corrected chi connectivity index (χ1v) is 8.68. The third kappa shape index (κ3) is 4.09. The second-order valence-corrected chi connectivity index (χ2v) is 7.89. The highest BCUT2D eigenvalue weighted by atomic mass is 32.2. The minimum absolute atomic E-state index is 0.108. The fraction of sp³-hybridized carbons (Fsp3) is 0.833. The Morgan fingerprint density at radius 1 is 0.950 bits per heavy atom. The summed E-state index contributed by atoms with van der Waals surface area (Å²) >= 11 is 0. The van der Waals surface area contributed by atoms with Crippen LogP contribution in [0.2, 0.25) is 0 Å². The summed E-state index contributed by atoms with van der Waals surface area (Å²) < 4.78 is 22.6. The van der Waals surface area contributed by atoms with Crippen LogP contribution in [-0.4, -0.2) is 49.1 Å². The van der Waals surface area contributed by atoms with Crippen molar-refractivity contribution in [1.82, 2.24) is 10.6 Å². The van der Waals surface area contributed by atoms with Crippen LogP contribution in [0.15, 0.2) is 0 Å². The summed E-state index contributed by atoms with van der Waals surface area (Å²) in [6.07, 6.45) is 2.60. The summed E-state index contributed by atoms with van der Waals surface area (Å²) in [6.45, 7) is 0. The van der Waals surface area contributed by atoms with Crippen molar-refractivity contribution in [2.45, 2.75) is 44.2 Å². The van der Waals surface area contributed by atoms with E-state index in [9.17, 15) is 18.0 Å². The molecule has 0 aromatic rings. The molecule has 1 aliphatic heterocycles. The number of sulfone groups is 1. The maximum Gasteiger partial charge on any atom is 0.315 e. The molecule has 0 unspecified atom stereocenters. The van der Waals surface area contributed by atoms with Gasteiger partial charge in [0.05, 0.1) is 17.4 Å². The van der Waals surface area contributed by atoms with Gasteiger partial charge in [0.15, 0.2) is 0 Å². The maximum absolute atomic E-state index is 11.8. The minimum Gasteiger partial charge on any atom is -0.481 e. The molecule has 114 valence electrons. The van der Waals surface area contributed by atoms with Crippen molar-refractivity contribution in [3.05, 3.63) is 0 Å². The van der Waals surface area contributed by atoms with Crippen LogP contribution >= 0.6 is 0 Å². The predicted octanol–water partition coefficient (Wildman–Crippen LogP) is 0.116. The van der Waals surface area contributed by atoms with Crippen LogP contribution in [0.3, 0.4) is 0 Å². The number of carbonyl (C=O) groups is 2. The number of carboxylic acids is 1. The van der Waals surface area contributed by atoms with Crippen LogP contribution < -0.4 is 10.6 Å². The van der Waals surface area contributed by atoms with Gasteiger partial charge in [-0.2, -0.15) is 0 Å². The molecule has 1 saturated carbocycles. The van der Waals surface area contributed by atoms with Crippen LogP contribution in [-0.2, 0) is 14.6 Å². The summed E-state index contributed by atoms with van der Waals surface area (Å²) in [5, 5.41) is 14.4. The predicted molar refractivity (Wildman–Crippen MR) is 72.1 cm³/mol. The number of aliphatic carboxylic acids is 1. The zero-order valence-corrected chi connectivity index (χ0v) is 12.0. The third-order valence-electron chi connectivity index (χ3n) is 4.01. The molecule has 0 bridgehead atoms. The average molecular weight is 304 g/mol. The second-order valence-electron chi connectivity index (χ2n) is 5.59. The van der Waals surface area contributed by atoms with E-state index >= 15 is 0 Å². The van der Waals surface area contributed by atoms with Crippen LogP contribution in [0.5, 0.6) is 0 Å². The van der Waals surface area contributed by atoms with Crippen LogP contribution in [0.4, 0.5) is 4.79 Å². The van der Waals surface area contributed by atoms with Crippen molar-refractivity contribution >= 4 is 21.8 Å². The van der Waals surface area contributed by atoms with Crippen molar-refractivity contribution < 1.29 is 23.1 Å². The highest BCUT2D eigenvalue weighted by Gasteiger charge is 2.31. The summed E-state index contributed by atoms with van der Waals surface area (Å²) in [5.41, 5.74) is 0. The van der Waals surface area contributed by atoms with E-state index in [0.717, 1.165) is 0 Å². The van der Waals surface area contributed by atoms with Crippen molar-refractivity contribution in [1.29, 1.82) is 0 Å². The van der Waals surface area contributed by atoms with Crippen LogP contribution in [0.25, 0.3) is 0 Å². The molecule has 0 aromatic carbocycles. The van der Waals surface area contributed by atoms with E-state index in [1.54, 1.807) is 0 Å². The molecular formula is C12H20N2O5S. The maximum atomic E-state index is 11.8. The molecule has 8 heteroatoms. The molecule has 20 heavy (non-hydrogen) atoms. The van der Waals surface area contributed by atoms with Crippen LogP contribution in [0.1, 0.15) is 32.1 Å². The highest BCUT2D eigenvalue weighted by Crippen LogP contribution is 2.25. The van der Waals surface area contributed by atoms with E-state index in [2.05, 4.69) is 10.6 Å². The standard InChI is InChI=1S/C12H20N2O5S/c15-11(16)8-1-2-10(7-8)14-12(17)13-9-3-5-20(18,19)6-4-9/h8-10H,1-7H2,(H,15,16)(H2,13,14,17)/t8-,10+/m1/s1. The fourth-order valence-electron chi connectivity index (χ4n) is 2.78. The molecule has 2 atom stereocenters. The number of rotatable bonds is 3. The Balaban J connectivity index is 1.73. The SMILES string of the molecule is O=C(NC1CCS(=O)(=O)CC1)N[C@H]1CC[C@@H](C(=O)O)C1. The van der Waals surface area contributed by atoms with Gasteiger partial charge in [-0.25, -0.2) is 13.2 Å². The summed E-state index contributed by atoms with van der Waals surface area (Å²) in [5.74, 6) is -0.961. The summed E-state index contributed by atoms with van der Waals surface area (Å²) in [6, 6.07) is -0.552. The molecule has 1 saturated heterocycles. The topological polar surface area (TPSA) is 113 Å². The number of carboxylic acid groups (broad SMARTS) is 1. The van der Waals surface area contributed by atoms with Gasteiger partial charge >= 0.3 is 12.0 Å². The van der Waals surface area contributed by atoms with Crippen molar-refractivity contribution in [2.24, 2.45) is 5.92 Å². The molecule has 0 aromatic heterocycles. The van der Waals surface area contributed by atoms with E-state index in [0.29, 0.717) is 32.1 Å². The Hall–Kier alpha value is -1.31. The fourth-order valence-corrected chi connectivity index (χ4v) is 4.28. The Morgan fingerprint density at radius 3 is 2.10 bits per heavy atom. The van der Waals surface area contributed by atoms with Gasteiger partial charge in [0.2, 0.25) is 0 Å². The summed E-state index contributed by atoms with van der Waals surface area (Å²) in [4.78, 5) is 22.6. The number of urea groups is 1. The first kappa shape index (κ1) is 15.1. The van der Waals surface area contributed by atoms with Crippen molar-refractivity contribution in [3.63, 3.8) is 0 Å². The number of hydrogen-bond acceptors (Lipinski definition) is 4. The van der Waals surface area contributed by atoms with Crippen molar-refractivity contribution in [3.8, 4) is 0 Å². The molecule has 1 aliphatic carbocycles. The lowest BCUT2D eigenvalue weighted by molar-refractivity contribution is -0.141. The number of amides is 2. The molecule has 0 radical (unpaired) electrons. The summed E-state index contributed by atoms with van der Waals surface area (Å²) in [7, 11) is -2.93. The normalized spacial score (nSPS) is 29.8. The Bertz CT molecular complexity index is 476. The zero-order valence-electron chi connectivity index (χ0n) is 11.2. The lowest BCUT2D eigenvalue weighted by Gasteiger charge is -2.24. The molecule has 1 heterocycles. The van der Waals surface area contributed by atoms with Gasteiger partial charge in [0, 0.05) is 12.1 Å². The molecule has 7 nitrogen and oxygen atoms in total. The highest BCUT2D eigenvalue weighted by molar-refractivity contribution is 7.91. The largest absolute Gasteiger partial charge is 0.481 e. The van der Waals surface area contributed by atoms with E-state index < -0.39 is 15.8 Å². The zero-order chi connectivity index (χ0) is 14.8. The van der Waals surface area contributed by atoms with Gasteiger partial charge in [-0.05, 0) is 32.1 Å². The van der Waals surface area contributed by atoms with Gasteiger partial charge in [-0.15, -0.1) is 0 Å². The van der Waals surface area contributed by atoms with Gasteiger partial charge in [0.1, 0.15) is 9.84 Å². The van der Waals surface area contributed by atoms with Crippen LogP contribution in [0, 0.1) is 5.92 Å². The van der Waals surface area contributed by atoms with Gasteiger partial charge in [0.25, 0.3) is 0 Å². The number of hydrogen-bond donors (Lipinski definition) is 3. The molecular weight excluding hydrogens is 284 g/mol. The van der Waals surface area contributed by atoms with E-state index in [1.807, 2.05) is 0 Å². The minimum atomic E-state index is -2.93. The Kier molecular flexibility index (Phi) is 4.52. The van der Waals surface area contributed by atoms with Gasteiger partial charge < -0.3 is 15.7 Å². The molecule has 2 amide bonds. The lowest BCUT2D eigenvalue weighted by Crippen LogP contribution is -2.48. The first-order chi connectivity index (χ1) is 9.35. The quantitative estimate of drug-likeness (QED) is 0.685. The van der Waals surface area contributed by atoms with Gasteiger partial charge in [-0.3, -0.25) is 4.79 Å². The molecule has 3 N–H and O–H groups in total. The van der Waals surface area contributed by atoms with E-state index in [-0.39, 0.29) is 35.5 Å². The average Bonchev–Trinajstić information content (AvgIpc) is 2.80. The van der Waals surface area contributed by atoms with E-state index in [1.165, 1.54) is 0 Å². The van der Waals surface area contributed by atoms with E-state index in [4.69, 9.17) is 5.11 Å². The smallest absolute Gasteiger partial charge is 0.315 e.